The van der Waals surface area contributed by atoms with Crippen LogP contribution in [-0.2, 0) is 17.9 Å². The molecule has 1 aromatic heterocycles. The third kappa shape index (κ3) is 2.36. The predicted molar refractivity (Wildman–Crippen MR) is 67.3 cm³/mol. The van der Waals surface area contributed by atoms with E-state index in [1.807, 2.05) is 7.05 Å². The van der Waals surface area contributed by atoms with Crippen molar-refractivity contribution in [2.45, 2.75) is 13.2 Å². The van der Waals surface area contributed by atoms with E-state index in [1.165, 1.54) is 12.1 Å². The first-order valence-corrected chi connectivity index (χ1v) is 5.99. The van der Waals surface area contributed by atoms with Crippen molar-refractivity contribution in [3.63, 3.8) is 0 Å². The number of rotatable bonds is 4. The van der Waals surface area contributed by atoms with Gasteiger partial charge in [-0.2, -0.15) is 0 Å². The van der Waals surface area contributed by atoms with Crippen molar-refractivity contribution >= 4 is 26.9 Å². The number of fused-ring (bicyclic) bond motifs is 1. The molecule has 0 aliphatic rings. The van der Waals surface area contributed by atoms with E-state index < -0.39 is 0 Å². The average molecular weight is 302 g/mol. The normalized spacial score (nSPS) is 11.3. The SMILES string of the molecule is CNCc1oc2c(Br)cc(F)cc2c1COC. The van der Waals surface area contributed by atoms with Crippen LogP contribution < -0.4 is 5.32 Å². The van der Waals surface area contributed by atoms with E-state index in [-0.39, 0.29) is 5.82 Å². The molecule has 1 N–H and O–H groups in total. The molecule has 0 aliphatic heterocycles. The number of hydrogen-bond donors (Lipinski definition) is 1. The molecule has 0 fully saturated rings. The Kier molecular flexibility index (Phi) is 3.81. The first-order valence-electron chi connectivity index (χ1n) is 5.20. The molecule has 5 heteroatoms. The maximum absolute atomic E-state index is 13.4. The highest BCUT2D eigenvalue weighted by molar-refractivity contribution is 9.10. The maximum Gasteiger partial charge on any atom is 0.149 e. The molecular formula is C12H13BrFNO2. The zero-order chi connectivity index (χ0) is 12.4. The van der Waals surface area contributed by atoms with Crippen LogP contribution in [0.5, 0.6) is 0 Å². The zero-order valence-corrected chi connectivity index (χ0v) is 11.2. The van der Waals surface area contributed by atoms with Crippen LogP contribution in [0.1, 0.15) is 11.3 Å². The van der Waals surface area contributed by atoms with Gasteiger partial charge in [0.1, 0.15) is 17.2 Å². The summed E-state index contributed by atoms with van der Waals surface area (Å²) in [6, 6.07) is 2.86. The third-order valence-corrected chi connectivity index (χ3v) is 3.11. The number of methoxy groups -OCH3 is 1. The van der Waals surface area contributed by atoms with E-state index in [0.717, 1.165) is 16.7 Å². The number of ether oxygens (including phenoxy) is 1. The zero-order valence-electron chi connectivity index (χ0n) is 9.64. The summed E-state index contributed by atoms with van der Waals surface area (Å²) in [5.74, 6) is 0.481. The lowest BCUT2D eigenvalue weighted by atomic mass is 10.1. The van der Waals surface area contributed by atoms with Crippen molar-refractivity contribution in [1.29, 1.82) is 0 Å². The first-order chi connectivity index (χ1) is 8.17. The van der Waals surface area contributed by atoms with Crippen LogP contribution in [0.3, 0.4) is 0 Å². The molecule has 92 valence electrons. The predicted octanol–water partition coefficient (Wildman–Crippen LogP) is 3.20. The lowest BCUT2D eigenvalue weighted by molar-refractivity contribution is 0.183. The highest BCUT2D eigenvalue weighted by atomic mass is 79.9. The van der Waals surface area contributed by atoms with E-state index >= 15 is 0 Å². The van der Waals surface area contributed by atoms with Crippen molar-refractivity contribution in [3.8, 4) is 0 Å². The van der Waals surface area contributed by atoms with E-state index in [9.17, 15) is 4.39 Å². The second-order valence-electron chi connectivity index (χ2n) is 3.73. The van der Waals surface area contributed by atoms with Gasteiger partial charge in [-0.3, -0.25) is 0 Å². The van der Waals surface area contributed by atoms with Gasteiger partial charge >= 0.3 is 0 Å². The Morgan fingerprint density at radius 1 is 1.47 bits per heavy atom. The topological polar surface area (TPSA) is 34.4 Å². The van der Waals surface area contributed by atoms with Crippen molar-refractivity contribution in [2.75, 3.05) is 14.2 Å². The molecule has 2 aromatic rings. The summed E-state index contributed by atoms with van der Waals surface area (Å²) in [5.41, 5.74) is 1.54. The largest absolute Gasteiger partial charge is 0.458 e. The Hall–Kier alpha value is -0.910. The van der Waals surface area contributed by atoms with Crippen LogP contribution in [0.25, 0.3) is 11.0 Å². The average Bonchev–Trinajstić information content (AvgIpc) is 2.59. The van der Waals surface area contributed by atoms with Crippen molar-refractivity contribution in [2.24, 2.45) is 0 Å². The monoisotopic (exact) mass is 301 g/mol. The van der Waals surface area contributed by atoms with Gasteiger partial charge in [-0.05, 0) is 35.1 Å². The number of nitrogens with one attached hydrogen (secondary N) is 1. The van der Waals surface area contributed by atoms with Crippen molar-refractivity contribution in [1.82, 2.24) is 5.32 Å². The van der Waals surface area contributed by atoms with Crippen molar-refractivity contribution in [3.05, 3.63) is 33.7 Å². The van der Waals surface area contributed by atoms with Crippen LogP contribution in [-0.4, -0.2) is 14.2 Å². The van der Waals surface area contributed by atoms with Crippen LogP contribution >= 0.6 is 15.9 Å². The van der Waals surface area contributed by atoms with Crippen LogP contribution in [0, 0.1) is 5.82 Å². The quantitative estimate of drug-likeness (QED) is 0.942. The van der Waals surface area contributed by atoms with Gasteiger partial charge in [-0.1, -0.05) is 0 Å². The minimum atomic E-state index is -0.293. The summed E-state index contributed by atoms with van der Waals surface area (Å²) < 4.78 is 24.9. The Morgan fingerprint density at radius 2 is 2.24 bits per heavy atom. The highest BCUT2D eigenvalue weighted by Gasteiger charge is 2.16. The molecule has 0 atom stereocenters. The fourth-order valence-electron chi connectivity index (χ4n) is 1.83. The maximum atomic E-state index is 13.4. The van der Waals surface area contributed by atoms with Crippen LogP contribution in [0.4, 0.5) is 4.39 Å². The lowest BCUT2D eigenvalue weighted by Crippen LogP contribution is -2.06. The molecule has 17 heavy (non-hydrogen) atoms. The minimum Gasteiger partial charge on any atom is -0.458 e. The molecule has 1 aromatic carbocycles. The summed E-state index contributed by atoms with van der Waals surface area (Å²) in [6.45, 7) is 0.987. The molecular weight excluding hydrogens is 289 g/mol. The fourth-order valence-corrected chi connectivity index (χ4v) is 2.34. The first kappa shape index (κ1) is 12.5. The summed E-state index contributed by atoms with van der Waals surface area (Å²) in [5, 5.41) is 3.77. The smallest absolute Gasteiger partial charge is 0.149 e. The van der Waals surface area contributed by atoms with Gasteiger partial charge in [0.2, 0.25) is 0 Å². The molecule has 0 spiro atoms. The van der Waals surface area contributed by atoms with Gasteiger partial charge in [0, 0.05) is 18.1 Å². The lowest BCUT2D eigenvalue weighted by Gasteiger charge is -2.00. The van der Waals surface area contributed by atoms with E-state index in [4.69, 9.17) is 9.15 Å². The molecule has 0 aliphatic carbocycles. The molecule has 0 saturated carbocycles. The summed E-state index contributed by atoms with van der Waals surface area (Å²) >= 11 is 3.30. The minimum absolute atomic E-state index is 0.293. The van der Waals surface area contributed by atoms with Gasteiger partial charge in [0.05, 0.1) is 17.6 Å². The molecule has 0 saturated heterocycles. The third-order valence-electron chi connectivity index (χ3n) is 2.52. The van der Waals surface area contributed by atoms with Crippen LogP contribution in [0.2, 0.25) is 0 Å². The van der Waals surface area contributed by atoms with E-state index in [1.54, 1.807) is 7.11 Å². The van der Waals surface area contributed by atoms with Gasteiger partial charge < -0.3 is 14.5 Å². The molecule has 3 nitrogen and oxygen atoms in total. The second-order valence-corrected chi connectivity index (χ2v) is 4.59. The van der Waals surface area contributed by atoms with Gasteiger partial charge in [-0.25, -0.2) is 4.39 Å². The molecule has 1 heterocycles. The molecule has 0 radical (unpaired) electrons. The van der Waals surface area contributed by atoms with Gasteiger partial charge in [0.25, 0.3) is 0 Å². The summed E-state index contributed by atoms with van der Waals surface area (Å²) in [6.07, 6.45) is 0. The van der Waals surface area contributed by atoms with Gasteiger partial charge in [0.15, 0.2) is 0 Å². The van der Waals surface area contributed by atoms with E-state index in [2.05, 4.69) is 21.2 Å². The van der Waals surface area contributed by atoms with Crippen LogP contribution in [0.15, 0.2) is 21.0 Å². The second kappa shape index (κ2) is 5.16. The van der Waals surface area contributed by atoms with Crippen molar-refractivity contribution < 1.29 is 13.5 Å². The number of benzene rings is 1. The Balaban J connectivity index is 2.66. The molecule has 0 amide bonds. The number of halogens is 2. The van der Waals surface area contributed by atoms with E-state index in [0.29, 0.717) is 23.2 Å². The molecule has 2 rings (SSSR count). The molecule has 0 unspecified atom stereocenters. The number of hydrogen-bond acceptors (Lipinski definition) is 3. The Bertz CT molecular complexity index is 539. The standard InChI is InChI=1S/C12H13BrFNO2/c1-15-5-11-9(6-16-2)8-3-7(14)4-10(13)12(8)17-11/h3-4,15H,5-6H2,1-2H3. The summed E-state index contributed by atoms with van der Waals surface area (Å²) in [7, 11) is 3.44. The Morgan fingerprint density at radius 3 is 2.88 bits per heavy atom. The highest BCUT2D eigenvalue weighted by Crippen LogP contribution is 2.33. The number of furan rings is 1. The fraction of sp³-hybridized carbons (Fsp3) is 0.333. The Labute approximate surface area is 107 Å². The molecule has 0 bridgehead atoms. The summed E-state index contributed by atoms with van der Waals surface area (Å²) in [4.78, 5) is 0. The van der Waals surface area contributed by atoms with Gasteiger partial charge in [-0.15, -0.1) is 0 Å².